The van der Waals surface area contributed by atoms with E-state index in [1.165, 1.54) is 93.3 Å². The summed E-state index contributed by atoms with van der Waals surface area (Å²) >= 11 is 0. The molecule has 0 heterocycles. The first-order valence-corrected chi connectivity index (χ1v) is 8.83. The quantitative estimate of drug-likeness (QED) is 0.349. The molecule has 0 aliphatic carbocycles. The van der Waals surface area contributed by atoms with Crippen LogP contribution < -0.4 is 0 Å². The van der Waals surface area contributed by atoms with Crippen LogP contribution in [0.4, 0.5) is 4.70 Å². The van der Waals surface area contributed by atoms with Crippen molar-refractivity contribution in [1.29, 1.82) is 0 Å². The Labute approximate surface area is 105 Å². The fourth-order valence-corrected chi connectivity index (χ4v) is 2.59. The second kappa shape index (κ2) is 17.5. The topological polar surface area (TPSA) is 0 Å². The minimum Gasteiger partial charge on any atom is -0.269 e. The van der Waals surface area contributed by atoms with E-state index in [9.17, 15) is 0 Å². The highest BCUT2D eigenvalue weighted by molar-refractivity contribution is 6.08. The lowest BCUT2D eigenvalue weighted by Crippen LogP contribution is -1.82. The minimum absolute atomic E-state index is 0. The van der Waals surface area contributed by atoms with Gasteiger partial charge in [-0.3, -0.25) is 4.70 Å². The molecule has 0 aliphatic rings. The summed E-state index contributed by atoms with van der Waals surface area (Å²) in [5.41, 5.74) is 0. The van der Waals surface area contributed by atoms with Gasteiger partial charge in [-0.15, -0.1) is 0 Å². The molecule has 0 bridgehead atoms. The molecule has 0 saturated carbocycles. The van der Waals surface area contributed by atoms with Gasteiger partial charge in [0, 0.05) is 10.2 Å². The normalized spacial score (nSPS) is 10.3. The number of hydrogen-bond acceptors (Lipinski definition) is 0. The molecule has 0 saturated heterocycles. The molecule has 0 N–H and O–H groups in total. The number of hydrogen-bond donors (Lipinski definition) is 0. The molecule has 16 heavy (non-hydrogen) atoms. The van der Waals surface area contributed by atoms with Crippen LogP contribution in [0.15, 0.2) is 0 Å². The standard InChI is InChI=1S/C14H32Si.FH/c1-2-3-4-5-6-7-8-9-10-11-12-13-14-15;/h2-14H2,1,15H3;1H. The van der Waals surface area contributed by atoms with E-state index in [4.69, 9.17) is 0 Å². The van der Waals surface area contributed by atoms with Gasteiger partial charge in [0.2, 0.25) is 0 Å². The van der Waals surface area contributed by atoms with Gasteiger partial charge in [0.25, 0.3) is 0 Å². The van der Waals surface area contributed by atoms with Gasteiger partial charge in [-0.2, -0.15) is 0 Å². The maximum atomic E-state index is 2.29. The van der Waals surface area contributed by atoms with Gasteiger partial charge in [0.15, 0.2) is 0 Å². The molecule has 0 aromatic rings. The van der Waals surface area contributed by atoms with Crippen molar-refractivity contribution in [3.63, 3.8) is 0 Å². The monoisotopic (exact) mass is 248 g/mol. The van der Waals surface area contributed by atoms with Gasteiger partial charge >= 0.3 is 0 Å². The van der Waals surface area contributed by atoms with Gasteiger partial charge in [-0.25, -0.2) is 0 Å². The summed E-state index contributed by atoms with van der Waals surface area (Å²) in [6.45, 7) is 2.29. The van der Waals surface area contributed by atoms with Gasteiger partial charge in [-0.1, -0.05) is 90.0 Å². The minimum atomic E-state index is 0. The van der Waals surface area contributed by atoms with Gasteiger partial charge in [-0.05, 0) is 0 Å². The van der Waals surface area contributed by atoms with Crippen molar-refractivity contribution in [2.75, 3.05) is 0 Å². The van der Waals surface area contributed by atoms with Crippen LogP contribution in [-0.2, 0) is 0 Å². The SMILES string of the molecule is CCCCCCCCCCCCCC[SiH3].F. The van der Waals surface area contributed by atoms with Gasteiger partial charge in [0.1, 0.15) is 0 Å². The first-order chi connectivity index (χ1) is 7.41. The van der Waals surface area contributed by atoms with Crippen LogP contribution in [0.5, 0.6) is 0 Å². The Morgan fingerprint density at radius 2 is 0.875 bits per heavy atom. The molecule has 0 aliphatic heterocycles. The summed E-state index contributed by atoms with van der Waals surface area (Å²) in [7, 11) is 1.41. The molecule has 0 atom stereocenters. The van der Waals surface area contributed by atoms with Crippen LogP contribution in [-0.4, -0.2) is 10.2 Å². The van der Waals surface area contributed by atoms with Crippen LogP contribution in [0.2, 0.25) is 6.04 Å². The van der Waals surface area contributed by atoms with Crippen LogP contribution in [0.25, 0.3) is 0 Å². The van der Waals surface area contributed by atoms with Crippen LogP contribution in [0.3, 0.4) is 0 Å². The third-order valence-electron chi connectivity index (χ3n) is 3.21. The van der Waals surface area contributed by atoms with E-state index in [0.29, 0.717) is 0 Å². The predicted molar refractivity (Wildman–Crippen MR) is 78.3 cm³/mol. The van der Waals surface area contributed by atoms with Gasteiger partial charge < -0.3 is 0 Å². The van der Waals surface area contributed by atoms with E-state index in [-0.39, 0.29) is 4.70 Å². The first-order valence-electron chi connectivity index (χ1n) is 7.41. The zero-order chi connectivity index (χ0) is 11.2. The Bertz CT molecular complexity index is 94.9. The van der Waals surface area contributed by atoms with Crippen molar-refractivity contribution in [1.82, 2.24) is 0 Å². The smallest absolute Gasteiger partial charge is 0.00279 e. The molecule has 0 fully saturated rings. The first kappa shape index (κ1) is 18.5. The fraction of sp³-hybridized carbons (Fsp3) is 1.00. The van der Waals surface area contributed by atoms with Gasteiger partial charge in [0.05, 0.1) is 0 Å². The average molecular weight is 249 g/mol. The lowest BCUT2D eigenvalue weighted by atomic mass is 10.1. The molecular weight excluding hydrogens is 215 g/mol. The molecule has 0 aromatic carbocycles. The summed E-state index contributed by atoms with van der Waals surface area (Å²) in [5.74, 6) is 0. The van der Waals surface area contributed by atoms with E-state index in [2.05, 4.69) is 6.92 Å². The highest BCUT2D eigenvalue weighted by Crippen LogP contribution is 2.11. The highest BCUT2D eigenvalue weighted by Gasteiger charge is 1.92. The summed E-state index contributed by atoms with van der Waals surface area (Å²) < 4.78 is 0. The maximum Gasteiger partial charge on any atom is 0.00279 e. The summed E-state index contributed by atoms with van der Waals surface area (Å²) in [6, 6.07) is 1.51. The molecule has 0 spiro atoms. The van der Waals surface area contributed by atoms with Crippen molar-refractivity contribution in [2.45, 2.75) is 90.0 Å². The van der Waals surface area contributed by atoms with E-state index in [1.807, 2.05) is 0 Å². The second-order valence-electron chi connectivity index (χ2n) is 4.89. The van der Waals surface area contributed by atoms with Crippen molar-refractivity contribution in [3.8, 4) is 0 Å². The molecule has 0 rings (SSSR count). The fourth-order valence-electron chi connectivity index (χ4n) is 2.09. The van der Waals surface area contributed by atoms with Crippen molar-refractivity contribution in [3.05, 3.63) is 0 Å². The molecular formula is C14H33FSi. The number of rotatable bonds is 12. The predicted octanol–water partition coefficient (Wildman–Crippen LogP) is 4.62. The Morgan fingerprint density at radius 1 is 0.562 bits per heavy atom. The number of unbranched alkanes of at least 4 members (excludes halogenated alkanes) is 11. The van der Waals surface area contributed by atoms with Crippen LogP contribution in [0, 0.1) is 0 Å². The molecule has 0 radical (unpaired) electrons. The van der Waals surface area contributed by atoms with E-state index in [0.717, 1.165) is 0 Å². The molecule has 100 valence electrons. The van der Waals surface area contributed by atoms with E-state index >= 15 is 0 Å². The summed E-state index contributed by atoms with van der Waals surface area (Å²) in [5, 5.41) is 0. The average Bonchev–Trinajstić information content (AvgIpc) is 2.26. The Hall–Kier alpha value is 0.147. The van der Waals surface area contributed by atoms with E-state index < -0.39 is 0 Å². The Morgan fingerprint density at radius 3 is 1.19 bits per heavy atom. The zero-order valence-electron chi connectivity index (χ0n) is 11.6. The third-order valence-corrected chi connectivity index (χ3v) is 3.91. The summed E-state index contributed by atoms with van der Waals surface area (Å²) in [6.07, 6.45) is 17.7. The Kier molecular flexibility index (Phi) is 20.3. The molecule has 0 amide bonds. The maximum absolute atomic E-state index is 2.29. The molecule has 0 nitrogen and oxygen atoms in total. The second-order valence-corrected chi connectivity index (χ2v) is 5.89. The zero-order valence-corrected chi connectivity index (χ0v) is 13.6. The molecule has 0 unspecified atom stereocenters. The van der Waals surface area contributed by atoms with Crippen LogP contribution >= 0.6 is 0 Å². The van der Waals surface area contributed by atoms with E-state index in [1.54, 1.807) is 0 Å². The third kappa shape index (κ3) is 16.6. The number of halogens is 1. The van der Waals surface area contributed by atoms with Crippen molar-refractivity contribution in [2.24, 2.45) is 0 Å². The van der Waals surface area contributed by atoms with Crippen molar-refractivity contribution >= 4 is 10.2 Å². The molecule has 2 heteroatoms. The Balaban J connectivity index is 0. The lowest BCUT2D eigenvalue weighted by molar-refractivity contribution is 0.548. The highest BCUT2D eigenvalue weighted by atomic mass is 28.1. The lowest BCUT2D eigenvalue weighted by Gasteiger charge is -2.01. The largest absolute Gasteiger partial charge is 0.269 e. The summed E-state index contributed by atoms with van der Waals surface area (Å²) in [4.78, 5) is 0. The van der Waals surface area contributed by atoms with Crippen molar-refractivity contribution < 1.29 is 4.70 Å². The molecule has 0 aromatic heterocycles. The van der Waals surface area contributed by atoms with Crippen LogP contribution in [0.1, 0.15) is 84.0 Å².